The van der Waals surface area contributed by atoms with Gasteiger partial charge in [0.15, 0.2) is 0 Å². The van der Waals surface area contributed by atoms with Gasteiger partial charge in [-0.05, 0) is 18.2 Å². The Hall–Kier alpha value is -2.60. The zero-order chi connectivity index (χ0) is 14.3. The molecule has 2 aromatic carbocycles. The minimum absolute atomic E-state index is 0.0205. The maximum absolute atomic E-state index is 11.0. The molecular weight excluding hydrogens is 284 g/mol. The van der Waals surface area contributed by atoms with Gasteiger partial charge in [-0.25, -0.2) is 4.98 Å². The van der Waals surface area contributed by atoms with Gasteiger partial charge in [-0.3, -0.25) is 10.1 Å². The highest BCUT2D eigenvalue weighted by atomic mass is 35.5. The number of phenols is 1. The lowest BCUT2D eigenvalue weighted by molar-refractivity contribution is -0.383. The van der Waals surface area contributed by atoms with Crippen molar-refractivity contribution in [2.24, 2.45) is 0 Å². The molecule has 20 heavy (non-hydrogen) atoms. The standard InChI is InChI=1S/C13H7ClN2O4/c14-7-5-9-12(10(6-7)16(18)19)20-13(15-9)8-3-1-2-4-11(8)17/h1-6,17H. The summed E-state index contributed by atoms with van der Waals surface area (Å²) in [6.07, 6.45) is 0. The Balaban J connectivity index is 2.28. The summed E-state index contributed by atoms with van der Waals surface area (Å²) in [5.41, 5.74) is 0.385. The van der Waals surface area contributed by atoms with Gasteiger partial charge in [-0.2, -0.15) is 0 Å². The fourth-order valence-electron chi connectivity index (χ4n) is 1.89. The quantitative estimate of drug-likeness (QED) is 0.573. The van der Waals surface area contributed by atoms with Gasteiger partial charge in [-0.1, -0.05) is 23.7 Å². The van der Waals surface area contributed by atoms with Crippen molar-refractivity contribution >= 4 is 28.4 Å². The third-order valence-electron chi connectivity index (χ3n) is 2.77. The number of rotatable bonds is 2. The van der Waals surface area contributed by atoms with Crippen molar-refractivity contribution in [3.63, 3.8) is 0 Å². The van der Waals surface area contributed by atoms with Gasteiger partial charge in [0.2, 0.25) is 11.5 Å². The molecule has 0 aliphatic heterocycles. The van der Waals surface area contributed by atoms with Crippen LogP contribution in [0.3, 0.4) is 0 Å². The van der Waals surface area contributed by atoms with Gasteiger partial charge < -0.3 is 9.52 Å². The summed E-state index contributed by atoms with van der Waals surface area (Å²) in [6.45, 7) is 0. The molecule has 0 saturated heterocycles. The van der Waals surface area contributed by atoms with E-state index in [4.69, 9.17) is 16.0 Å². The molecule has 0 amide bonds. The molecule has 0 aliphatic carbocycles. The number of para-hydroxylation sites is 1. The Kier molecular flexibility index (Phi) is 2.80. The molecule has 1 aromatic heterocycles. The summed E-state index contributed by atoms with van der Waals surface area (Å²) < 4.78 is 5.41. The average Bonchev–Trinajstić information content (AvgIpc) is 2.81. The van der Waals surface area contributed by atoms with Crippen molar-refractivity contribution in [2.45, 2.75) is 0 Å². The second kappa shape index (κ2) is 4.50. The topological polar surface area (TPSA) is 89.4 Å². The number of oxazole rings is 1. The highest BCUT2D eigenvalue weighted by Gasteiger charge is 2.21. The highest BCUT2D eigenvalue weighted by molar-refractivity contribution is 6.31. The summed E-state index contributed by atoms with van der Waals surface area (Å²) in [4.78, 5) is 14.5. The average molecular weight is 291 g/mol. The molecule has 0 aliphatic rings. The summed E-state index contributed by atoms with van der Waals surface area (Å²) in [7, 11) is 0. The number of nitro benzene ring substituents is 1. The van der Waals surface area contributed by atoms with Gasteiger partial charge >= 0.3 is 5.69 Å². The molecule has 1 N–H and O–H groups in total. The number of fused-ring (bicyclic) bond motifs is 1. The maximum atomic E-state index is 11.0. The van der Waals surface area contributed by atoms with E-state index in [9.17, 15) is 15.2 Å². The van der Waals surface area contributed by atoms with Crippen LogP contribution in [0.4, 0.5) is 5.69 Å². The molecular formula is C13H7ClN2O4. The Bertz CT molecular complexity index is 828. The molecule has 0 radical (unpaired) electrons. The number of hydrogen-bond donors (Lipinski definition) is 1. The predicted molar refractivity (Wildman–Crippen MR) is 72.8 cm³/mol. The summed E-state index contributed by atoms with van der Waals surface area (Å²) in [5.74, 6) is 0.0799. The molecule has 100 valence electrons. The van der Waals surface area contributed by atoms with E-state index in [2.05, 4.69) is 4.98 Å². The summed E-state index contributed by atoms with van der Waals surface area (Å²) in [5, 5.41) is 20.9. The Morgan fingerprint density at radius 1 is 1.30 bits per heavy atom. The number of benzene rings is 2. The molecule has 6 nitrogen and oxygen atoms in total. The third kappa shape index (κ3) is 1.96. The normalized spacial score (nSPS) is 10.8. The van der Waals surface area contributed by atoms with Crippen LogP contribution < -0.4 is 0 Å². The van der Waals surface area contributed by atoms with Gasteiger partial charge in [-0.15, -0.1) is 0 Å². The van der Waals surface area contributed by atoms with Crippen molar-refractivity contribution in [3.05, 3.63) is 51.5 Å². The van der Waals surface area contributed by atoms with Crippen LogP contribution in [0.1, 0.15) is 0 Å². The summed E-state index contributed by atoms with van der Waals surface area (Å²) in [6, 6.07) is 9.10. The van der Waals surface area contributed by atoms with Crippen molar-refractivity contribution in [1.29, 1.82) is 0 Å². The molecule has 0 spiro atoms. The number of aromatic hydroxyl groups is 1. The van der Waals surface area contributed by atoms with Gasteiger partial charge in [0.1, 0.15) is 11.3 Å². The van der Waals surface area contributed by atoms with Crippen LogP contribution in [0.25, 0.3) is 22.6 Å². The molecule has 3 aromatic rings. The van der Waals surface area contributed by atoms with Gasteiger partial charge in [0, 0.05) is 11.1 Å². The molecule has 0 saturated carbocycles. The first-order valence-corrected chi connectivity index (χ1v) is 5.97. The third-order valence-corrected chi connectivity index (χ3v) is 2.98. The smallest absolute Gasteiger partial charge is 0.315 e. The van der Waals surface area contributed by atoms with Gasteiger partial charge in [0.05, 0.1) is 10.5 Å². The van der Waals surface area contributed by atoms with E-state index in [1.165, 1.54) is 18.2 Å². The van der Waals surface area contributed by atoms with E-state index < -0.39 is 4.92 Å². The van der Waals surface area contributed by atoms with Crippen LogP contribution in [0.2, 0.25) is 5.02 Å². The number of halogens is 1. The summed E-state index contributed by atoms with van der Waals surface area (Å²) >= 11 is 5.82. The van der Waals surface area contributed by atoms with Crippen LogP contribution in [0, 0.1) is 10.1 Å². The Morgan fingerprint density at radius 3 is 2.75 bits per heavy atom. The van der Waals surface area contributed by atoms with Crippen LogP contribution >= 0.6 is 11.6 Å². The predicted octanol–water partition coefficient (Wildman–Crippen LogP) is 3.76. The molecule has 3 rings (SSSR count). The molecule has 0 unspecified atom stereocenters. The molecule has 0 fully saturated rings. The van der Waals surface area contributed by atoms with Crippen molar-refractivity contribution < 1.29 is 14.4 Å². The van der Waals surface area contributed by atoms with E-state index in [0.29, 0.717) is 5.56 Å². The minimum Gasteiger partial charge on any atom is -0.507 e. The number of nitro groups is 1. The highest BCUT2D eigenvalue weighted by Crippen LogP contribution is 2.35. The first-order chi connectivity index (χ1) is 9.56. The molecule has 0 atom stereocenters. The first-order valence-electron chi connectivity index (χ1n) is 5.59. The number of non-ortho nitro benzene ring substituents is 1. The fourth-order valence-corrected chi connectivity index (χ4v) is 2.09. The van der Waals surface area contributed by atoms with Gasteiger partial charge in [0.25, 0.3) is 0 Å². The minimum atomic E-state index is -0.589. The molecule has 0 bridgehead atoms. The Morgan fingerprint density at radius 2 is 2.05 bits per heavy atom. The SMILES string of the molecule is O=[N+]([O-])c1cc(Cl)cc2nc(-c3ccccc3O)oc12. The number of nitrogens with zero attached hydrogens (tertiary/aromatic N) is 2. The van der Waals surface area contributed by atoms with E-state index >= 15 is 0 Å². The van der Waals surface area contributed by atoms with Crippen LogP contribution in [-0.4, -0.2) is 15.0 Å². The molecule has 1 heterocycles. The zero-order valence-corrected chi connectivity index (χ0v) is 10.7. The molecule has 7 heteroatoms. The second-order valence-electron chi connectivity index (χ2n) is 4.07. The fraction of sp³-hybridized carbons (Fsp3) is 0. The van der Waals surface area contributed by atoms with E-state index in [1.54, 1.807) is 18.2 Å². The van der Waals surface area contributed by atoms with Crippen molar-refractivity contribution in [2.75, 3.05) is 0 Å². The second-order valence-corrected chi connectivity index (χ2v) is 4.50. The van der Waals surface area contributed by atoms with E-state index in [-0.39, 0.29) is 33.4 Å². The lowest BCUT2D eigenvalue weighted by Crippen LogP contribution is -1.88. The van der Waals surface area contributed by atoms with Crippen LogP contribution in [0.5, 0.6) is 5.75 Å². The van der Waals surface area contributed by atoms with Crippen LogP contribution in [0.15, 0.2) is 40.8 Å². The van der Waals surface area contributed by atoms with E-state index in [0.717, 1.165) is 0 Å². The number of hydrogen-bond acceptors (Lipinski definition) is 5. The first kappa shape index (κ1) is 12.4. The van der Waals surface area contributed by atoms with Crippen molar-refractivity contribution in [1.82, 2.24) is 4.98 Å². The van der Waals surface area contributed by atoms with E-state index in [1.807, 2.05) is 0 Å². The van der Waals surface area contributed by atoms with Crippen molar-refractivity contribution in [3.8, 4) is 17.2 Å². The van der Waals surface area contributed by atoms with Crippen LogP contribution in [-0.2, 0) is 0 Å². The zero-order valence-electron chi connectivity index (χ0n) is 9.91. The Labute approximate surface area is 117 Å². The monoisotopic (exact) mass is 290 g/mol. The lowest BCUT2D eigenvalue weighted by atomic mass is 10.2. The lowest BCUT2D eigenvalue weighted by Gasteiger charge is -1.97. The number of aromatic nitrogens is 1. The maximum Gasteiger partial charge on any atom is 0.315 e. The number of phenolic OH excluding ortho intramolecular Hbond substituents is 1. The largest absolute Gasteiger partial charge is 0.507 e.